The van der Waals surface area contributed by atoms with Gasteiger partial charge in [0.15, 0.2) is 5.82 Å². The second kappa shape index (κ2) is 7.28. The van der Waals surface area contributed by atoms with Gasteiger partial charge in [-0.3, -0.25) is 0 Å². The molecule has 1 saturated heterocycles. The zero-order chi connectivity index (χ0) is 15.5. The van der Waals surface area contributed by atoms with Crippen LogP contribution in [0.5, 0.6) is 0 Å². The molecular formula is C12H17BrFN3O2S2. The van der Waals surface area contributed by atoms with Crippen LogP contribution in [0.15, 0.2) is 21.5 Å². The second-order valence-corrected chi connectivity index (χ2v) is 8.48. The predicted octanol–water partition coefficient (Wildman–Crippen LogP) is 1.50. The summed E-state index contributed by atoms with van der Waals surface area (Å²) in [5, 5.41) is 0. The molecule has 118 valence electrons. The molecule has 1 aromatic rings. The Balaban J connectivity index is 2.01. The van der Waals surface area contributed by atoms with Gasteiger partial charge in [0, 0.05) is 43.4 Å². The van der Waals surface area contributed by atoms with Gasteiger partial charge in [-0.2, -0.15) is 11.8 Å². The van der Waals surface area contributed by atoms with E-state index in [0.29, 0.717) is 6.54 Å². The Morgan fingerprint density at radius 3 is 2.71 bits per heavy atom. The van der Waals surface area contributed by atoms with Gasteiger partial charge in [-0.15, -0.1) is 0 Å². The number of hydrogen-bond acceptors (Lipinski definition) is 5. The first-order valence-corrected chi connectivity index (χ1v) is 9.87. The number of anilines is 1. The lowest BCUT2D eigenvalue weighted by Crippen LogP contribution is -2.39. The summed E-state index contributed by atoms with van der Waals surface area (Å²) in [6, 6.07) is 2.46. The number of nitrogens with zero attached hydrogens (tertiary/aromatic N) is 1. The highest BCUT2D eigenvalue weighted by atomic mass is 79.9. The number of nitrogen functional groups attached to an aromatic ring is 1. The summed E-state index contributed by atoms with van der Waals surface area (Å²) < 4.78 is 40.7. The van der Waals surface area contributed by atoms with Gasteiger partial charge in [-0.1, -0.05) is 0 Å². The summed E-state index contributed by atoms with van der Waals surface area (Å²) in [6.07, 6.45) is 0. The zero-order valence-electron chi connectivity index (χ0n) is 11.3. The van der Waals surface area contributed by atoms with Crippen LogP contribution in [0.25, 0.3) is 0 Å². The highest BCUT2D eigenvalue weighted by Crippen LogP contribution is 2.25. The molecule has 0 amide bonds. The third-order valence-corrected chi connectivity index (χ3v) is 6.11. The quantitative estimate of drug-likeness (QED) is 0.736. The summed E-state index contributed by atoms with van der Waals surface area (Å²) in [4.78, 5) is 1.76. The molecule has 1 aliphatic heterocycles. The molecule has 0 atom stereocenters. The molecule has 1 aliphatic rings. The Morgan fingerprint density at radius 1 is 1.38 bits per heavy atom. The Hall–Kier alpha value is -0.350. The van der Waals surface area contributed by atoms with Crippen molar-refractivity contribution in [2.75, 3.05) is 43.4 Å². The van der Waals surface area contributed by atoms with E-state index in [2.05, 4.69) is 25.6 Å². The molecule has 0 spiro atoms. The molecule has 0 bridgehead atoms. The Morgan fingerprint density at radius 2 is 2.05 bits per heavy atom. The van der Waals surface area contributed by atoms with Crippen molar-refractivity contribution in [2.24, 2.45) is 0 Å². The van der Waals surface area contributed by atoms with E-state index in [1.54, 1.807) is 0 Å². The molecule has 1 heterocycles. The lowest BCUT2D eigenvalue weighted by Gasteiger charge is -2.26. The molecule has 0 unspecified atom stereocenters. The highest BCUT2D eigenvalue weighted by Gasteiger charge is 2.22. The van der Waals surface area contributed by atoms with E-state index in [-0.39, 0.29) is 16.7 Å². The van der Waals surface area contributed by atoms with Crippen molar-refractivity contribution in [2.45, 2.75) is 4.90 Å². The predicted molar refractivity (Wildman–Crippen MR) is 87.5 cm³/mol. The molecule has 3 N–H and O–H groups in total. The lowest BCUT2D eigenvalue weighted by molar-refractivity contribution is 0.307. The maximum absolute atomic E-state index is 13.9. The summed E-state index contributed by atoms with van der Waals surface area (Å²) in [7, 11) is -3.90. The van der Waals surface area contributed by atoms with E-state index in [9.17, 15) is 12.8 Å². The third-order valence-electron chi connectivity index (χ3n) is 3.13. The normalized spacial score (nSPS) is 17.0. The minimum atomic E-state index is -3.90. The Kier molecular flexibility index (Phi) is 5.89. The van der Waals surface area contributed by atoms with E-state index < -0.39 is 20.7 Å². The van der Waals surface area contributed by atoms with Gasteiger partial charge in [0.25, 0.3) is 0 Å². The maximum Gasteiger partial charge on any atom is 0.243 e. The second-order valence-electron chi connectivity index (χ2n) is 4.67. The fourth-order valence-corrected chi connectivity index (χ4v) is 4.76. The molecule has 0 radical (unpaired) electrons. The SMILES string of the molecule is Nc1cc(Br)c(F)c(S(=O)(=O)NCCN2CCSCC2)c1. The Labute approximate surface area is 136 Å². The number of nitrogens with one attached hydrogen (secondary N) is 1. The van der Waals surface area contributed by atoms with Crippen molar-refractivity contribution < 1.29 is 12.8 Å². The first kappa shape index (κ1) is 17.0. The van der Waals surface area contributed by atoms with Crippen LogP contribution in [0.3, 0.4) is 0 Å². The first-order chi connectivity index (χ1) is 9.90. The van der Waals surface area contributed by atoms with Gasteiger partial charge in [0.2, 0.25) is 10.0 Å². The number of nitrogens with two attached hydrogens (primary N) is 1. The number of hydrogen-bond donors (Lipinski definition) is 2. The molecule has 1 fully saturated rings. The molecule has 0 aliphatic carbocycles. The summed E-state index contributed by atoms with van der Waals surface area (Å²) in [5.74, 6) is 1.29. The number of benzene rings is 1. The number of thioether (sulfide) groups is 1. The topological polar surface area (TPSA) is 75.4 Å². The van der Waals surface area contributed by atoms with Crippen molar-refractivity contribution in [3.8, 4) is 0 Å². The van der Waals surface area contributed by atoms with Crippen LogP contribution in [0.2, 0.25) is 0 Å². The average molecular weight is 398 g/mol. The smallest absolute Gasteiger partial charge is 0.243 e. The van der Waals surface area contributed by atoms with Crippen molar-refractivity contribution in [1.82, 2.24) is 9.62 Å². The maximum atomic E-state index is 13.9. The molecule has 9 heteroatoms. The largest absolute Gasteiger partial charge is 0.399 e. The number of halogens is 2. The van der Waals surface area contributed by atoms with Crippen molar-refractivity contribution in [3.05, 3.63) is 22.4 Å². The highest BCUT2D eigenvalue weighted by molar-refractivity contribution is 9.10. The fourth-order valence-electron chi connectivity index (χ4n) is 2.02. The monoisotopic (exact) mass is 397 g/mol. The van der Waals surface area contributed by atoms with Crippen molar-refractivity contribution >= 4 is 43.4 Å². The van der Waals surface area contributed by atoms with Gasteiger partial charge < -0.3 is 10.6 Å². The van der Waals surface area contributed by atoms with Gasteiger partial charge in [0.1, 0.15) is 4.90 Å². The van der Waals surface area contributed by atoms with E-state index >= 15 is 0 Å². The zero-order valence-corrected chi connectivity index (χ0v) is 14.5. The van der Waals surface area contributed by atoms with Crippen LogP contribution in [-0.4, -0.2) is 51.0 Å². The molecule has 2 rings (SSSR count). The van der Waals surface area contributed by atoms with Gasteiger partial charge in [-0.25, -0.2) is 17.5 Å². The molecule has 0 saturated carbocycles. The van der Waals surface area contributed by atoms with E-state index in [1.807, 2.05) is 11.8 Å². The minimum absolute atomic E-state index is 0.0379. The summed E-state index contributed by atoms with van der Waals surface area (Å²) in [5.41, 5.74) is 5.76. The van der Waals surface area contributed by atoms with Crippen LogP contribution in [-0.2, 0) is 10.0 Å². The summed E-state index contributed by atoms with van der Waals surface area (Å²) >= 11 is 4.85. The number of rotatable bonds is 5. The standard InChI is InChI=1S/C12H17BrFN3O2S2/c13-10-7-9(15)8-11(12(10)14)21(18,19)16-1-2-17-3-5-20-6-4-17/h7-8,16H,1-6,15H2. The third kappa shape index (κ3) is 4.56. The molecule has 1 aromatic carbocycles. The van der Waals surface area contributed by atoms with Gasteiger partial charge >= 0.3 is 0 Å². The van der Waals surface area contributed by atoms with Crippen molar-refractivity contribution in [1.29, 1.82) is 0 Å². The van der Waals surface area contributed by atoms with Gasteiger partial charge in [0.05, 0.1) is 4.47 Å². The molecule has 21 heavy (non-hydrogen) atoms. The van der Waals surface area contributed by atoms with Crippen LogP contribution < -0.4 is 10.5 Å². The molecular weight excluding hydrogens is 381 g/mol. The van der Waals surface area contributed by atoms with E-state index in [1.165, 1.54) is 6.07 Å². The van der Waals surface area contributed by atoms with E-state index in [4.69, 9.17) is 5.73 Å². The van der Waals surface area contributed by atoms with Crippen LogP contribution in [0, 0.1) is 5.82 Å². The van der Waals surface area contributed by atoms with Crippen LogP contribution in [0.4, 0.5) is 10.1 Å². The average Bonchev–Trinajstić information content (AvgIpc) is 2.43. The van der Waals surface area contributed by atoms with E-state index in [0.717, 1.165) is 30.7 Å². The fraction of sp³-hybridized carbons (Fsp3) is 0.500. The molecule has 5 nitrogen and oxygen atoms in total. The summed E-state index contributed by atoms with van der Waals surface area (Å²) in [6.45, 7) is 2.76. The minimum Gasteiger partial charge on any atom is -0.399 e. The molecule has 0 aromatic heterocycles. The van der Waals surface area contributed by atoms with Crippen LogP contribution >= 0.6 is 27.7 Å². The Bertz CT molecular complexity index is 607. The van der Waals surface area contributed by atoms with Crippen LogP contribution in [0.1, 0.15) is 0 Å². The van der Waals surface area contributed by atoms with Gasteiger partial charge in [-0.05, 0) is 28.1 Å². The van der Waals surface area contributed by atoms with Crippen molar-refractivity contribution in [3.63, 3.8) is 0 Å². The number of sulfonamides is 1. The lowest BCUT2D eigenvalue weighted by atomic mass is 10.3. The first-order valence-electron chi connectivity index (χ1n) is 6.44.